The number of hydrogen-bond acceptors (Lipinski definition) is 3. The van der Waals surface area contributed by atoms with Crippen LogP contribution in [0.4, 0.5) is 5.69 Å². The van der Waals surface area contributed by atoms with E-state index in [-0.39, 0.29) is 23.4 Å². The molecule has 3 atom stereocenters. The molecule has 1 amide bonds. The van der Waals surface area contributed by atoms with E-state index >= 15 is 0 Å². The smallest absolute Gasteiger partial charge is 0.264 e. The van der Waals surface area contributed by atoms with Gasteiger partial charge in [-0.3, -0.25) is 9.10 Å². The Kier molecular flexibility index (Phi) is 5.58. The normalized spacial score (nSPS) is 23.2. The van der Waals surface area contributed by atoms with E-state index in [9.17, 15) is 13.2 Å². The summed E-state index contributed by atoms with van der Waals surface area (Å²) in [6, 6.07) is 13.4. The molecule has 0 aliphatic heterocycles. The minimum Gasteiger partial charge on any atom is -0.352 e. The number of carbonyl (C=O) groups excluding carboxylic acids is 1. The van der Waals surface area contributed by atoms with Crippen molar-refractivity contribution in [2.24, 2.45) is 11.8 Å². The first-order valence-corrected chi connectivity index (χ1v) is 11.8. The highest BCUT2D eigenvalue weighted by molar-refractivity contribution is 7.92. The van der Waals surface area contributed by atoms with Gasteiger partial charge < -0.3 is 5.32 Å². The van der Waals surface area contributed by atoms with Crippen molar-refractivity contribution in [3.8, 4) is 0 Å². The summed E-state index contributed by atoms with van der Waals surface area (Å²) in [5.74, 6) is 0.945. The lowest BCUT2D eigenvalue weighted by molar-refractivity contribution is -0.120. The standard InChI is InChI=1S/C22H25ClN2O3S/c1-15-7-10-18(13-20(15)23)25(29(27,28)19-5-3-2-4-6-19)14-22(26)24-21-12-16-8-9-17(21)11-16/h2-7,10,13,16-17,21H,8-9,11-12,14H2,1H3,(H,24,26). The second-order valence-corrected chi connectivity index (χ2v) is 10.4. The number of rotatable bonds is 6. The molecule has 2 saturated carbocycles. The Morgan fingerprint density at radius 1 is 1.14 bits per heavy atom. The number of halogens is 1. The molecule has 4 rings (SSSR count). The van der Waals surface area contributed by atoms with E-state index in [1.165, 1.54) is 25.0 Å². The lowest BCUT2D eigenvalue weighted by Gasteiger charge is -2.27. The second-order valence-electron chi connectivity index (χ2n) is 8.11. The summed E-state index contributed by atoms with van der Waals surface area (Å²) in [4.78, 5) is 13.0. The Morgan fingerprint density at radius 2 is 1.90 bits per heavy atom. The van der Waals surface area contributed by atoms with Gasteiger partial charge >= 0.3 is 0 Å². The van der Waals surface area contributed by atoms with Crippen molar-refractivity contribution in [2.45, 2.75) is 43.5 Å². The van der Waals surface area contributed by atoms with Crippen LogP contribution in [0.5, 0.6) is 0 Å². The summed E-state index contributed by atoms with van der Waals surface area (Å²) >= 11 is 6.25. The topological polar surface area (TPSA) is 66.5 Å². The third kappa shape index (κ3) is 4.14. The Hall–Kier alpha value is -2.05. The maximum Gasteiger partial charge on any atom is 0.264 e. The van der Waals surface area contributed by atoms with Crippen molar-refractivity contribution < 1.29 is 13.2 Å². The zero-order valence-corrected chi connectivity index (χ0v) is 17.9. The van der Waals surface area contributed by atoms with Gasteiger partial charge in [0.15, 0.2) is 0 Å². The number of anilines is 1. The van der Waals surface area contributed by atoms with E-state index in [1.54, 1.807) is 36.4 Å². The summed E-state index contributed by atoms with van der Waals surface area (Å²) in [5.41, 5.74) is 1.23. The summed E-state index contributed by atoms with van der Waals surface area (Å²) < 4.78 is 27.8. The predicted octanol–water partition coefficient (Wildman–Crippen LogP) is 4.15. The van der Waals surface area contributed by atoms with Crippen LogP contribution in [0, 0.1) is 18.8 Å². The fourth-order valence-corrected chi connectivity index (χ4v) is 6.18. The fourth-order valence-electron chi connectivity index (χ4n) is 4.58. The Morgan fingerprint density at radius 3 is 2.52 bits per heavy atom. The minimum absolute atomic E-state index is 0.143. The monoisotopic (exact) mass is 432 g/mol. The molecule has 2 fully saturated rings. The fraction of sp³-hybridized carbons (Fsp3) is 0.409. The Labute approximate surface area is 177 Å². The number of carbonyl (C=O) groups is 1. The lowest BCUT2D eigenvalue weighted by Crippen LogP contribution is -2.46. The molecule has 7 heteroatoms. The number of benzene rings is 2. The molecule has 29 heavy (non-hydrogen) atoms. The number of aryl methyl sites for hydroxylation is 1. The summed E-state index contributed by atoms with van der Waals surface area (Å²) in [6.07, 6.45) is 4.56. The summed E-state index contributed by atoms with van der Waals surface area (Å²) in [5, 5.41) is 3.54. The zero-order valence-electron chi connectivity index (χ0n) is 16.3. The number of hydrogen-bond donors (Lipinski definition) is 1. The molecule has 0 aromatic heterocycles. The molecule has 2 bridgehead atoms. The molecule has 0 saturated heterocycles. The van der Waals surface area contributed by atoms with Crippen LogP contribution in [0.3, 0.4) is 0 Å². The average Bonchev–Trinajstić information content (AvgIpc) is 3.32. The van der Waals surface area contributed by atoms with Crippen LogP contribution in [0.25, 0.3) is 0 Å². The number of fused-ring (bicyclic) bond motifs is 2. The number of amides is 1. The molecule has 2 aliphatic rings. The van der Waals surface area contributed by atoms with E-state index in [0.29, 0.717) is 22.5 Å². The van der Waals surface area contributed by atoms with Gasteiger partial charge in [0.25, 0.3) is 10.0 Å². The SMILES string of the molecule is Cc1ccc(N(CC(=O)NC2CC3CCC2C3)S(=O)(=O)c2ccccc2)cc1Cl. The van der Waals surface area contributed by atoms with Crippen molar-refractivity contribution in [1.29, 1.82) is 0 Å². The minimum atomic E-state index is -3.91. The first-order chi connectivity index (χ1) is 13.8. The van der Waals surface area contributed by atoms with Crippen LogP contribution < -0.4 is 9.62 Å². The van der Waals surface area contributed by atoms with Gasteiger partial charge in [-0.15, -0.1) is 0 Å². The second kappa shape index (κ2) is 8.00. The molecule has 0 radical (unpaired) electrons. The number of nitrogens with zero attached hydrogens (tertiary/aromatic N) is 1. The van der Waals surface area contributed by atoms with Crippen molar-refractivity contribution in [1.82, 2.24) is 5.32 Å². The van der Waals surface area contributed by atoms with Crippen molar-refractivity contribution >= 4 is 33.2 Å². The highest BCUT2D eigenvalue weighted by Crippen LogP contribution is 2.44. The average molecular weight is 433 g/mol. The van der Waals surface area contributed by atoms with Crippen molar-refractivity contribution in [3.05, 3.63) is 59.1 Å². The lowest BCUT2D eigenvalue weighted by atomic mass is 9.95. The van der Waals surface area contributed by atoms with E-state index in [2.05, 4.69) is 5.32 Å². The van der Waals surface area contributed by atoms with Crippen molar-refractivity contribution in [2.75, 3.05) is 10.8 Å². The van der Waals surface area contributed by atoms with E-state index < -0.39 is 10.0 Å². The van der Waals surface area contributed by atoms with E-state index in [4.69, 9.17) is 11.6 Å². The first-order valence-electron chi connectivity index (χ1n) is 9.98. The van der Waals surface area contributed by atoms with Gasteiger partial charge in [-0.1, -0.05) is 42.3 Å². The van der Waals surface area contributed by atoms with Gasteiger partial charge in [0, 0.05) is 11.1 Å². The summed E-state index contributed by atoms with van der Waals surface area (Å²) in [6.45, 7) is 1.58. The molecular formula is C22H25ClN2O3S. The molecule has 2 aromatic carbocycles. The molecule has 0 heterocycles. The highest BCUT2D eigenvalue weighted by Gasteiger charge is 2.40. The van der Waals surface area contributed by atoms with Gasteiger partial charge in [0.2, 0.25) is 5.91 Å². The number of sulfonamides is 1. The molecule has 154 valence electrons. The van der Waals surface area contributed by atoms with Crippen LogP contribution >= 0.6 is 11.6 Å². The quantitative estimate of drug-likeness (QED) is 0.745. The highest BCUT2D eigenvalue weighted by atomic mass is 35.5. The Bertz CT molecular complexity index is 1010. The van der Waals surface area contributed by atoms with Gasteiger partial charge in [0.1, 0.15) is 6.54 Å². The predicted molar refractivity (Wildman–Crippen MR) is 115 cm³/mol. The van der Waals surface area contributed by atoms with Crippen LogP contribution in [0.1, 0.15) is 31.2 Å². The molecular weight excluding hydrogens is 408 g/mol. The van der Waals surface area contributed by atoms with E-state index in [1.807, 2.05) is 6.92 Å². The van der Waals surface area contributed by atoms with Gasteiger partial charge in [0.05, 0.1) is 10.6 Å². The third-order valence-electron chi connectivity index (χ3n) is 6.15. The first kappa shape index (κ1) is 20.2. The maximum atomic E-state index is 13.3. The van der Waals surface area contributed by atoms with Crippen LogP contribution in [0.2, 0.25) is 5.02 Å². The molecule has 2 aliphatic carbocycles. The molecule has 2 aromatic rings. The van der Waals surface area contributed by atoms with Crippen molar-refractivity contribution in [3.63, 3.8) is 0 Å². The molecule has 5 nitrogen and oxygen atoms in total. The van der Waals surface area contributed by atoms with Crippen LogP contribution in [0.15, 0.2) is 53.4 Å². The van der Waals surface area contributed by atoms with Gasteiger partial charge in [-0.25, -0.2) is 8.42 Å². The van der Waals surface area contributed by atoms with Crippen LogP contribution in [-0.4, -0.2) is 26.9 Å². The number of nitrogens with one attached hydrogen (secondary N) is 1. The zero-order chi connectivity index (χ0) is 20.6. The van der Waals surface area contributed by atoms with Gasteiger partial charge in [-0.05, 0) is 67.9 Å². The Balaban J connectivity index is 1.61. The largest absolute Gasteiger partial charge is 0.352 e. The van der Waals surface area contributed by atoms with Gasteiger partial charge in [-0.2, -0.15) is 0 Å². The van der Waals surface area contributed by atoms with E-state index in [0.717, 1.165) is 22.7 Å². The maximum absolute atomic E-state index is 13.3. The molecule has 1 N–H and O–H groups in total. The third-order valence-corrected chi connectivity index (χ3v) is 8.34. The van der Waals surface area contributed by atoms with Crippen LogP contribution in [-0.2, 0) is 14.8 Å². The summed E-state index contributed by atoms with van der Waals surface area (Å²) in [7, 11) is -3.91. The molecule has 0 spiro atoms. The molecule has 3 unspecified atom stereocenters.